The molecule has 1 heterocycles. The lowest BCUT2D eigenvalue weighted by atomic mass is 10.3. The third-order valence-corrected chi connectivity index (χ3v) is 2.09. The SMILES string of the molecule is CCCCn1c(O)c(CC(=O)O)[nH]c1=O. The summed E-state index contributed by atoms with van der Waals surface area (Å²) in [6, 6.07) is 0. The lowest BCUT2D eigenvalue weighted by Gasteiger charge is -2.01. The van der Waals surface area contributed by atoms with Crippen LogP contribution < -0.4 is 5.69 Å². The van der Waals surface area contributed by atoms with Crippen molar-refractivity contribution >= 4 is 5.97 Å². The highest BCUT2D eigenvalue weighted by atomic mass is 16.4. The standard InChI is InChI=1S/C9H14N2O4/c1-2-3-4-11-8(14)6(5-7(12)13)10-9(11)15/h14H,2-5H2,1H3,(H,10,15)(H,12,13). The fourth-order valence-electron chi connectivity index (χ4n) is 1.31. The van der Waals surface area contributed by atoms with Gasteiger partial charge >= 0.3 is 11.7 Å². The van der Waals surface area contributed by atoms with E-state index in [0.29, 0.717) is 6.54 Å². The normalized spacial score (nSPS) is 10.5. The number of H-pyrrole nitrogens is 1. The summed E-state index contributed by atoms with van der Waals surface area (Å²) in [5, 5.41) is 18.1. The zero-order valence-electron chi connectivity index (χ0n) is 8.49. The summed E-state index contributed by atoms with van der Waals surface area (Å²) in [6.07, 6.45) is 1.28. The number of aromatic amines is 1. The molecule has 0 spiro atoms. The average Bonchev–Trinajstić information content (AvgIpc) is 2.39. The van der Waals surface area contributed by atoms with Crippen LogP contribution in [0.15, 0.2) is 4.79 Å². The second kappa shape index (κ2) is 4.68. The molecule has 0 aliphatic carbocycles. The van der Waals surface area contributed by atoms with Gasteiger partial charge in [-0.3, -0.25) is 9.36 Å². The number of imidazole rings is 1. The van der Waals surface area contributed by atoms with Gasteiger partial charge in [-0.1, -0.05) is 13.3 Å². The number of aromatic hydroxyl groups is 1. The quantitative estimate of drug-likeness (QED) is 0.657. The first-order valence-electron chi connectivity index (χ1n) is 4.78. The monoisotopic (exact) mass is 214 g/mol. The van der Waals surface area contributed by atoms with Crippen LogP contribution in [-0.4, -0.2) is 25.7 Å². The number of carboxylic acid groups (broad SMARTS) is 1. The molecule has 0 fully saturated rings. The molecule has 0 saturated heterocycles. The Hall–Kier alpha value is -1.72. The van der Waals surface area contributed by atoms with Gasteiger partial charge in [-0.05, 0) is 6.42 Å². The van der Waals surface area contributed by atoms with Gasteiger partial charge in [0, 0.05) is 6.54 Å². The maximum Gasteiger partial charge on any atom is 0.328 e. The van der Waals surface area contributed by atoms with Crippen LogP contribution in [-0.2, 0) is 17.8 Å². The Morgan fingerprint density at radius 1 is 1.53 bits per heavy atom. The van der Waals surface area contributed by atoms with Crippen LogP contribution in [0.1, 0.15) is 25.5 Å². The zero-order chi connectivity index (χ0) is 11.4. The summed E-state index contributed by atoms with van der Waals surface area (Å²) in [6.45, 7) is 2.37. The van der Waals surface area contributed by atoms with Gasteiger partial charge in [-0.25, -0.2) is 4.79 Å². The molecule has 0 bridgehead atoms. The van der Waals surface area contributed by atoms with Crippen molar-refractivity contribution < 1.29 is 15.0 Å². The van der Waals surface area contributed by atoms with Crippen LogP contribution in [0.4, 0.5) is 0 Å². The number of hydrogen-bond donors (Lipinski definition) is 3. The van der Waals surface area contributed by atoms with E-state index in [1.807, 2.05) is 6.92 Å². The lowest BCUT2D eigenvalue weighted by Crippen LogP contribution is -2.16. The van der Waals surface area contributed by atoms with Crippen LogP contribution in [0.2, 0.25) is 0 Å². The van der Waals surface area contributed by atoms with E-state index < -0.39 is 11.7 Å². The second-order valence-electron chi connectivity index (χ2n) is 3.31. The Kier molecular flexibility index (Phi) is 3.54. The van der Waals surface area contributed by atoms with Gasteiger partial charge in [0.05, 0.1) is 12.1 Å². The van der Waals surface area contributed by atoms with Crippen molar-refractivity contribution in [1.82, 2.24) is 9.55 Å². The Morgan fingerprint density at radius 2 is 2.20 bits per heavy atom. The summed E-state index contributed by atoms with van der Waals surface area (Å²) in [5.74, 6) is -1.36. The van der Waals surface area contributed by atoms with Gasteiger partial charge in [0.2, 0.25) is 5.88 Å². The number of aliphatic carboxylic acids is 1. The first-order valence-corrected chi connectivity index (χ1v) is 4.78. The number of hydrogen-bond acceptors (Lipinski definition) is 3. The first kappa shape index (κ1) is 11.4. The van der Waals surface area contributed by atoms with Crippen molar-refractivity contribution in [2.24, 2.45) is 0 Å². The highest BCUT2D eigenvalue weighted by Crippen LogP contribution is 2.13. The minimum Gasteiger partial charge on any atom is -0.493 e. The zero-order valence-corrected chi connectivity index (χ0v) is 8.49. The molecule has 0 saturated carbocycles. The molecule has 0 unspecified atom stereocenters. The highest BCUT2D eigenvalue weighted by Gasteiger charge is 2.14. The molecule has 15 heavy (non-hydrogen) atoms. The van der Waals surface area contributed by atoms with Gasteiger partial charge in [0.25, 0.3) is 0 Å². The molecule has 0 aliphatic heterocycles. The molecule has 0 atom stereocenters. The topological polar surface area (TPSA) is 95.3 Å². The number of nitrogens with zero attached hydrogens (tertiary/aromatic N) is 1. The highest BCUT2D eigenvalue weighted by molar-refractivity contribution is 5.70. The molecule has 0 amide bonds. The van der Waals surface area contributed by atoms with Crippen LogP contribution in [0.25, 0.3) is 0 Å². The van der Waals surface area contributed by atoms with E-state index in [0.717, 1.165) is 17.4 Å². The van der Waals surface area contributed by atoms with Crippen LogP contribution in [0.3, 0.4) is 0 Å². The molecule has 6 nitrogen and oxygen atoms in total. The van der Waals surface area contributed by atoms with Crippen molar-refractivity contribution in [2.75, 3.05) is 0 Å². The molecule has 0 aliphatic rings. The third kappa shape index (κ3) is 2.61. The van der Waals surface area contributed by atoms with Gasteiger partial charge in [0.1, 0.15) is 0 Å². The van der Waals surface area contributed by atoms with Crippen molar-refractivity contribution in [2.45, 2.75) is 32.7 Å². The van der Waals surface area contributed by atoms with Crippen molar-refractivity contribution in [1.29, 1.82) is 0 Å². The van der Waals surface area contributed by atoms with Crippen molar-refractivity contribution in [3.8, 4) is 5.88 Å². The van der Waals surface area contributed by atoms with Gasteiger partial charge in [-0.2, -0.15) is 0 Å². The van der Waals surface area contributed by atoms with E-state index in [1.54, 1.807) is 0 Å². The molecule has 1 rings (SSSR count). The maximum absolute atomic E-state index is 11.3. The Bertz CT molecular complexity index is 405. The molecular weight excluding hydrogens is 200 g/mol. The van der Waals surface area contributed by atoms with Gasteiger partial charge in [0.15, 0.2) is 0 Å². The second-order valence-corrected chi connectivity index (χ2v) is 3.31. The predicted molar refractivity (Wildman–Crippen MR) is 53.0 cm³/mol. The number of carboxylic acids is 1. The largest absolute Gasteiger partial charge is 0.493 e. The van der Waals surface area contributed by atoms with E-state index in [-0.39, 0.29) is 18.0 Å². The van der Waals surface area contributed by atoms with E-state index in [9.17, 15) is 14.7 Å². The maximum atomic E-state index is 11.3. The smallest absolute Gasteiger partial charge is 0.328 e. The van der Waals surface area contributed by atoms with E-state index >= 15 is 0 Å². The van der Waals surface area contributed by atoms with Gasteiger partial charge in [-0.15, -0.1) is 0 Å². The minimum absolute atomic E-state index is 0.0589. The molecule has 0 radical (unpaired) electrons. The van der Waals surface area contributed by atoms with E-state index in [2.05, 4.69) is 4.98 Å². The first-order chi connectivity index (χ1) is 7.06. The van der Waals surface area contributed by atoms with Crippen LogP contribution in [0, 0.1) is 0 Å². The van der Waals surface area contributed by atoms with E-state index in [1.165, 1.54) is 0 Å². The molecule has 1 aromatic heterocycles. The number of nitrogens with one attached hydrogen (secondary N) is 1. The van der Waals surface area contributed by atoms with E-state index in [4.69, 9.17) is 5.11 Å². The van der Waals surface area contributed by atoms with Crippen molar-refractivity contribution in [3.63, 3.8) is 0 Å². The Labute approximate surface area is 86.2 Å². The van der Waals surface area contributed by atoms with Crippen molar-refractivity contribution in [3.05, 3.63) is 16.2 Å². The number of aromatic nitrogens is 2. The lowest BCUT2D eigenvalue weighted by molar-refractivity contribution is -0.136. The Balaban J connectivity index is 2.93. The molecule has 3 N–H and O–H groups in total. The fraction of sp³-hybridized carbons (Fsp3) is 0.556. The minimum atomic E-state index is -1.09. The summed E-state index contributed by atoms with van der Waals surface area (Å²) < 4.78 is 1.15. The summed E-state index contributed by atoms with van der Waals surface area (Å²) in [4.78, 5) is 24.0. The molecule has 6 heteroatoms. The van der Waals surface area contributed by atoms with Crippen LogP contribution >= 0.6 is 0 Å². The number of carbonyl (C=O) groups is 1. The summed E-state index contributed by atoms with van der Waals surface area (Å²) in [5.41, 5.74) is -0.402. The Morgan fingerprint density at radius 3 is 2.73 bits per heavy atom. The molecule has 84 valence electrons. The molecular formula is C9H14N2O4. The fourth-order valence-corrected chi connectivity index (χ4v) is 1.31. The summed E-state index contributed by atoms with van der Waals surface area (Å²) >= 11 is 0. The molecule has 1 aromatic rings. The van der Waals surface area contributed by atoms with Gasteiger partial charge < -0.3 is 15.2 Å². The predicted octanol–water partition coefficient (Wildman–Crippen LogP) is 0.309. The summed E-state index contributed by atoms with van der Waals surface area (Å²) in [7, 11) is 0. The van der Waals surface area contributed by atoms with Crippen LogP contribution in [0.5, 0.6) is 5.88 Å². The molecule has 0 aromatic carbocycles. The third-order valence-electron chi connectivity index (χ3n) is 2.09. The average molecular weight is 214 g/mol. The number of rotatable bonds is 5. The number of unbranched alkanes of at least 4 members (excludes halogenated alkanes) is 1.